The molecule has 0 aliphatic heterocycles. The van der Waals surface area contributed by atoms with Crippen molar-refractivity contribution in [2.45, 2.75) is 0 Å². The SMILES string of the molecule is O=C(Nc1ccc(Cl)c2cccnc12)c1n[nH]c2ccccc12. The zero-order chi connectivity index (χ0) is 15.8. The van der Waals surface area contributed by atoms with Crippen LogP contribution in [0.2, 0.25) is 5.02 Å². The van der Waals surface area contributed by atoms with Crippen LogP contribution in [0.5, 0.6) is 0 Å². The minimum Gasteiger partial charge on any atom is -0.319 e. The first kappa shape index (κ1) is 13.7. The Bertz CT molecular complexity index is 1040. The van der Waals surface area contributed by atoms with Crippen molar-refractivity contribution in [2.24, 2.45) is 0 Å². The van der Waals surface area contributed by atoms with Crippen molar-refractivity contribution in [3.63, 3.8) is 0 Å². The van der Waals surface area contributed by atoms with E-state index in [0.717, 1.165) is 16.3 Å². The van der Waals surface area contributed by atoms with E-state index in [1.54, 1.807) is 24.4 Å². The number of fused-ring (bicyclic) bond motifs is 2. The highest BCUT2D eigenvalue weighted by atomic mass is 35.5. The molecule has 112 valence electrons. The van der Waals surface area contributed by atoms with E-state index in [1.807, 2.05) is 30.3 Å². The van der Waals surface area contributed by atoms with Gasteiger partial charge in [0.2, 0.25) is 0 Å². The average Bonchev–Trinajstić information content (AvgIpc) is 3.02. The fourth-order valence-corrected chi connectivity index (χ4v) is 2.77. The molecule has 6 heteroatoms. The molecule has 0 saturated carbocycles. The summed E-state index contributed by atoms with van der Waals surface area (Å²) in [6, 6.07) is 14.6. The summed E-state index contributed by atoms with van der Waals surface area (Å²) in [5.74, 6) is -0.295. The van der Waals surface area contributed by atoms with Crippen LogP contribution in [-0.2, 0) is 0 Å². The summed E-state index contributed by atoms with van der Waals surface area (Å²) in [4.78, 5) is 16.9. The molecule has 0 aliphatic rings. The van der Waals surface area contributed by atoms with Crippen molar-refractivity contribution < 1.29 is 4.79 Å². The number of hydrogen-bond acceptors (Lipinski definition) is 3. The molecule has 0 radical (unpaired) electrons. The Morgan fingerprint density at radius 2 is 1.87 bits per heavy atom. The van der Waals surface area contributed by atoms with Crippen LogP contribution in [-0.4, -0.2) is 21.1 Å². The zero-order valence-electron chi connectivity index (χ0n) is 11.9. The van der Waals surface area contributed by atoms with Gasteiger partial charge in [-0.05, 0) is 30.3 Å². The molecule has 2 N–H and O–H groups in total. The number of H-pyrrole nitrogens is 1. The second-order valence-electron chi connectivity index (χ2n) is 5.07. The molecule has 4 aromatic rings. The second kappa shape index (κ2) is 5.37. The Balaban J connectivity index is 1.76. The molecular weight excluding hydrogens is 312 g/mol. The number of nitrogens with zero attached hydrogens (tertiary/aromatic N) is 2. The summed E-state index contributed by atoms with van der Waals surface area (Å²) in [7, 11) is 0. The van der Waals surface area contributed by atoms with Crippen LogP contribution in [0.25, 0.3) is 21.8 Å². The number of pyridine rings is 1. The summed E-state index contributed by atoms with van der Waals surface area (Å²) < 4.78 is 0. The topological polar surface area (TPSA) is 70.7 Å². The monoisotopic (exact) mass is 322 g/mol. The van der Waals surface area contributed by atoms with Crippen molar-refractivity contribution in [1.82, 2.24) is 15.2 Å². The van der Waals surface area contributed by atoms with Gasteiger partial charge in [-0.3, -0.25) is 14.9 Å². The smallest absolute Gasteiger partial charge is 0.276 e. The highest BCUT2D eigenvalue weighted by Crippen LogP contribution is 2.28. The Hall–Kier alpha value is -2.92. The Morgan fingerprint density at radius 1 is 1.04 bits per heavy atom. The first-order valence-electron chi connectivity index (χ1n) is 7.02. The van der Waals surface area contributed by atoms with E-state index in [9.17, 15) is 4.79 Å². The lowest BCUT2D eigenvalue weighted by Gasteiger charge is -2.08. The number of hydrogen-bond donors (Lipinski definition) is 2. The number of carbonyl (C=O) groups excluding carboxylic acids is 1. The first-order chi connectivity index (χ1) is 11.2. The Kier molecular flexibility index (Phi) is 3.20. The largest absolute Gasteiger partial charge is 0.319 e. The minimum atomic E-state index is -0.295. The third-order valence-corrected chi connectivity index (χ3v) is 3.98. The van der Waals surface area contributed by atoms with E-state index < -0.39 is 0 Å². The number of nitrogens with one attached hydrogen (secondary N) is 2. The lowest BCUT2D eigenvalue weighted by atomic mass is 10.1. The van der Waals surface area contributed by atoms with Gasteiger partial charge in [-0.15, -0.1) is 0 Å². The molecule has 1 amide bonds. The van der Waals surface area contributed by atoms with Gasteiger partial charge in [0.25, 0.3) is 5.91 Å². The molecular formula is C17H11ClN4O. The van der Waals surface area contributed by atoms with Crippen LogP contribution in [0.3, 0.4) is 0 Å². The molecule has 2 aromatic carbocycles. The van der Waals surface area contributed by atoms with Crippen LogP contribution in [0.4, 0.5) is 5.69 Å². The van der Waals surface area contributed by atoms with Gasteiger partial charge >= 0.3 is 0 Å². The molecule has 2 heterocycles. The molecule has 5 nitrogen and oxygen atoms in total. The number of anilines is 1. The summed E-state index contributed by atoms with van der Waals surface area (Å²) in [6.45, 7) is 0. The number of aromatic amines is 1. The van der Waals surface area contributed by atoms with Gasteiger partial charge in [-0.25, -0.2) is 0 Å². The average molecular weight is 323 g/mol. The van der Waals surface area contributed by atoms with Crippen molar-refractivity contribution >= 4 is 45.0 Å². The molecule has 0 fully saturated rings. The number of amides is 1. The van der Waals surface area contributed by atoms with Crippen LogP contribution < -0.4 is 5.32 Å². The van der Waals surface area contributed by atoms with E-state index >= 15 is 0 Å². The fourth-order valence-electron chi connectivity index (χ4n) is 2.56. The van der Waals surface area contributed by atoms with E-state index in [-0.39, 0.29) is 5.91 Å². The maximum atomic E-state index is 12.6. The maximum Gasteiger partial charge on any atom is 0.276 e. The molecule has 2 aromatic heterocycles. The van der Waals surface area contributed by atoms with Crippen molar-refractivity contribution in [3.05, 3.63) is 65.4 Å². The van der Waals surface area contributed by atoms with Crippen molar-refractivity contribution in [2.75, 3.05) is 5.32 Å². The second-order valence-corrected chi connectivity index (χ2v) is 5.47. The third kappa shape index (κ3) is 2.31. The van der Waals surface area contributed by atoms with Gasteiger partial charge in [-0.1, -0.05) is 29.8 Å². The highest BCUT2D eigenvalue weighted by molar-refractivity contribution is 6.36. The van der Waals surface area contributed by atoms with Gasteiger partial charge in [-0.2, -0.15) is 5.10 Å². The van der Waals surface area contributed by atoms with Gasteiger partial charge in [0, 0.05) is 17.0 Å². The molecule has 0 aliphatic carbocycles. The Morgan fingerprint density at radius 3 is 2.78 bits per heavy atom. The molecule has 23 heavy (non-hydrogen) atoms. The van der Waals surface area contributed by atoms with Crippen molar-refractivity contribution in [3.8, 4) is 0 Å². The standard InChI is InChI=1S/C17H11ClN4O/c18-12-7-8-14(15-10(12)5-3-9-19-15)20-17(23)16-11-4-1-2-6-13(11)21-22-16/h1-9H,(H,20,23)(H,21,22). The quantitative estimate of drug-likeness (QED) is 0.585. The number of rotatable bonds is 2. The predicted molar refractivity (Wildman–Crippen MR) is 90.8 cm³/mol. The molecule has 0 atom stereocenters. The number of carbonyl (C=O) groups is 1. The van der Waals surface area contributed by atoms with Crippen molar-refractivity contribution in [1.29, 1.82) is 0 Å². The summed E-state index contributed by atoms with van der Waals surface area (Å²) in [6.07, 6.45) is 1.66. The van der Waals surface area contributed by atoms with Gasteiger partial charge in [0.1, 0.15) is 0 Å². The number of benzene rings is 2. The van der Waals surface area contributed by atoms with E-state index in [0.29, 0.717) is 21.9 Å². The summed E-state index contributed by atoms with van der Waals surface area (Å²) in [5.41, 5.74) is 2.41. The van der Waals surface area contributed by atoms with Gasteiger partial charge in [0.15, 0.2) is 5.69 Å². The fraction of sp³-hybridized carbons (Fsp3) is 0. The summed E-state index contributed by atoms with van der Waals surface area (Å²) in [5, 5.41) is 12.0. The van der Waals surface area contributed by atoms with Gasteiger partial charge < -0.3 is 5.32 Å². The van der Waals surface area contributed by atoms with Crippen LogP contribution in [0.15, 0.2) is 54.7 Å². The summed E-state index contributed by atoms with van der Waals surface area (Å²) >= 11 is 6.17. The normalized spacial score (nSPS) is 11.0. The maximum absolute atomic E-state index is 12.6. The molecule has 4 rings (SSSR count). The molecule has 0 saturated heterocycles. The molecule has 0 spiro atoms. The minimum absolute atomic E-state index is 0.295. The van der Waals surface area contributed by atoms with Crippen LogP contribution in [0.1, 0.15) is 10.5 Å². The number of halogens is 1. The molecule has 0 bridgehead atoms. The number of para-hydroxylation sites is 1. The lowest BCUT2D eigenvalue weighted by molar-refractivity contribution is 0.102. The van der Waals surface area contributed by atoms with Crippen LogP contribution >= 0.6 is 11.6 Å². The molecule has 0 unspecified atom stereocenters. The van der Waals surface area contributed by atoms with Crippen LogP contribution in [0, 0.1) is 0 Å². The lowest BCUT2D eigenvalue weighted by Crippen LogP contribution is -2.13. The van der Waals surface area contributed by atoms with E-state index in [1.165, 1.54) is 0 Å². The highest BCUT2D eigenvalue weighted by Gasteiger charge is 2.15. The van der Waals surface area contributed by atoms with E-state index in [4.69, 9.17) is 11.6 Å². The van der Waals surface area contributed by atoms with Gasteiger partial charge in [0.05, 0.1) is 21.7 Å². The Labute approximate surface area is 136 Å². The number of aromatic nitrogens is 3. The third-order valence-electron chi connectivity index (χ3n) is 3.65. The zero-order valence-corrected chi connectivity index (χ0v) is 12.6. The predicted octanol–water partition coefficient (Wildman–Crippen LogP) is 4.02. The first-order valence-corrected chi connectivity index (χ1v) is 7.39. The van der Waals surface area contributed by atoms with E-state index in [2.05, 4.69) is 20.5 Å².